The molecule has 2 rings (SSSR count). The summed E-state index contributed by atoms with van der Waals surface area (Å²) in [6.45, 7) is 7.40. The van der Waals surface area contributed by atoms with E-state index in [9.17, 15) is 0 Å². The summed E-state index contributed by atoms with van der Waals surface area (Å²) in [5.41, 5.74) is 5.87. The summed E-state index contributed by atoms with van der Waals surface area (Å²) in [6, 6.07) is 9.08. The van der Waals surface area contributed by atoms with Gasteiger partial charge in [-0.1, -0.05) is 24.3 Å². The minimum atomic E-state index is 0.479. The maximum absolute atomic E-state index is 4.27. The Labute approximate surface area is 113 Å². The van der Waals surface area contributed by atoms with E-state index >= 15 is 0 Å². The van der Waals surface area contributed by atoms with Gasteiger partial charge in [-0.15, -0.1) is 11.3 Å². The molecule has 1 N–H and O–H groups in total. The highest BCUT2D eigenvalue weighted by molar-refractivity contribution is 7.09. The van der Waals surface area contributed by atoms with Crippen LogP contribution in [0.2, 0.25) is 0 Å². The van der Waals surface area contributed by atoms with Crippen LogP contribution < -0.4 is 5.32 Å². The van der Waals surface area contributed by atoms with Gasteiger partial charge in [-0.3, -0.25) is 0 Å². The molecule has 1 heterocycles. The van der Waals surface area contributed by atoms with Gasteiger partial charge in [0.15, 0.2) is 0 Å². The molecule has 0 aliphatic carbocycles. The van der Waals surface area contributed by atoms with E-state index in [0.717, 1.165) is 18.7 Å². The lowest BCUT2D eigenvalue weighted by molar-refractivity contribution is 0.546. The molecule has 0 saturated heterocycles. The average Bonchev–Trinajstić information content (AvgIpc) is 2.75. The van der Waals surface area contributed by atoms with Gasteiger partial charge in [-0.2, -0.15) is 0 Å². The number of aryl methyl sites for hydroxylation is 2. The fourth-order valence-electron chi connectivity index (χ4n) is 2.00. The molecule has 0 saturated carbocycles. The zero-order valence-electron chi connectivity index (χ0n) is 11.2. The fraction of sp³-hybridized carbons (Fsp3) is 0.400. The maximum atomic E-state index is 4.27. The minimum absolute atomic E-state index is 0.479. The predicted octanol–water partition coefficient (Wildman–Crippen LogP) is 3.48. The Balaban J connectivity index is 1.88. The summed E-state index contributed by atoms with van der Waals surface area (Å²) in [5.74, 6) is 0. The highest BCUT2D eigenvalue weighted by Gasteiger charge is 2.07. The Hall–Kier alpha value is -1.19. The summed E-state index contributed by atoms with van der Waals surface area (Å²) in [7, 11) is 0. The number of thiazole rings is 1. The fourth-order valence-corrected chi connectivity index (χ4v) is 2.73. The van der Waals surface area contributed by atoms with Crippen LogP contribution in [0.15, 0.2) is 29.8 Å². The number of hydrogen-bond acceptors (Lipinski definition) is 3. The molecule has 18 heavy (non-hydrogen) atoms. The topological polar surface area (TPSA) is 24.9 Å². The van der Waals surface area contributed by atoms with Crippen molar-refractivity contribution in [2.45, 2.75) is 39.8 Å². The van der Waals surface area contributed by atoms with Crippen LogP contribution in [-0.2, 0) is 13.0 Å². The lowest BCUT2D eigenvalue weighted by Gasteiger charge is -2.15. The number of nitrogens with zero attached hydrogens (tertiary/aromatic N) is 1. The average molecular weight is 260 g/mol. The van der Waals surface area contributed by atoms with Crippen LogP contribution in [-0.4, -0.2) is 11.0 Å². The summed E-state index contributed by atoms with van der Waals surface area (Å²) in [6.07, 6.45) is 1.07. The molecule has 2 nitrogen and oxygen atoms in total. The molecule has 2 aromatic rings. The van der Waals surface area contributed by atoms with E-state index in [1.165, 1.54) is 16.0 Å². The maximum Gasteiger partial charge on any atom is 0.0798 e. The second-order valence-corrected chi connectivity index (χ2v) is 5.71. The molecular weight excluding hydrogens is 240 g/mol. The van der Waals surface area contributed by atoms with Crippen LogP contribution in [0.25, 0.3) is 0 Å². The Morgan fingerprint density at radius 3 is 2.72 bits per heavy atom. The van der Waals surface area contributed by atoms with Crippen molar-refractivity contribution >= 4 is 11.3 Å². The Morgan fingerprint density at radius 2 is 2.06 bits per heavy atom. The number of aromatic nitrogens is 1. The second-order valence-electron chi connectivity index (χ2n) is 4.77. The summed E-state index contributed by atoms with van der Waals surface area (Å²) < 4.78 is 0. The van der Waals surface area contributed by atoms with Crippen molar-refractivity contribution in [1.82, 2.24) is 10.3 Å². The van der Waals surface area contributed by atoms with E-state index in [1.807, 2.05) is 5.51 Å². The summed E-state index contributed by atoms with van der Waals surface area (Å²) in [5, 5.41) is 3.57. The van der Waals surface area contributed by atoms with Crippen molar-refractivity contribution < 1.29 is 0 Å². The molecule has 1 aromatic heterocycles. The first kappa shape index (κ1) is 13.2. The van der Waals surface area contributed by atoms with Crippen LogP contribution in [0.1, 0.15) is 28.6 Å². The Kier molecular flexibility index (Phi) is 4.50. The van der Waals surface area contributed by atoms with Gasteiger partial charge in [0.05, 0.1) is 11.2 Å². The molecule has 1 unspecified atom stereocenters. The number of hydrogen-bond donors (Lipinski definition) is 1. The zero-order chi connectivity index (χ0) is 13.0. The third kappa shape index (κ3) is 3.40. The van der Waals surface area contributed by atoms with Gasteiger partial charge in [-0.25, -0.2) is 4.98 Å². The number of rotatable bonds is 5. The van der Waals surface area contributed by atoms with E-state index in [-0.39, 0.29) is 0 Å². The first-order valence-corrected chi connectivity index (χ1v) is 7.21. The lowest BCUT2D eigenvalue weighted by atomic mass is 10.0. The first-order chi connectivity index (χ1) is 8.66. The minimum Gasteiger partial charge on any atom is -0.309 e. The third-order valence-corrected chi connectivity index (χ3v) is 4.18. The van der Waals surface area contributed by atoms with Crippen molar-refractivity contribution in [3.05, 3.63) is 51.5 Å². The predicted molar refractivity (Wildman–Crippen MR) is 78.0 cm³/mol. The first-order valence-electron chi connectivity index (χ1n) is 6.33. The number of benzene rings is 1. The molecule has 0 spiro atoms. The number of nitrogens with one attached hydrogen (secondary N) is 1. The largest absolute Gasteiger partial charge is 0.309 e. The summed E-state index contributed by atoms with van der Waals surface area (Å²) >= 11 is 1.73. The molecule has 0 radical (unpaired) electrons. The molecule has 0 aliphatic heterocycles. The molecule has 3 heteroatoms. The standard InChI is InChI=1S/C15H20N2S/c1-11-6-4-5-7-14(11)8-12(2)16-9-15-13(3)17-10-18-15/h4-7,10,12,16H,8-9H2,1-3H3. The Bertz CT molecular complexity index is 505. The van der Waals surface area contributed by atoms with E-state index in [0.29, 0.717) is 6.04 Å². The van der Waals surface area contributed by atoms with Crippen LogP contribution in [0.3, 0.4) is 0 Å². The Morgan fingerprint density at radius 1 is 1.28 bits per heavy atom. The molecule has 96 valence electrons. The van der Waals surface area contributed by atoms with Gasteiger partial charge in [-0.05, 0) is 38.3 Å². The highest BCUT2D eigenvalue weighted by Crippen LogP contribution is 2.13. The SMILES string of the molecule is Cc1ccccc1CC(C)NCc1scnc1C. The van der Waals surface area contributed by atoms with Crippen LogP contribution in [0.5, 0.6) is 0 Å². The van der Waals surface area contributed by atoms with Gasteiger partial charge >= 0.3 is 0 Å². The smallest absolute Gasteiger partial charge is 0.0798 e. The molecule has 1 aromatic carbocycles. The monoisotopic (exact) mass is 260 g/mol. The van der Waals surface area contributed by atoms with Crippen LogP contribution in [0, 0.1) is 13.8 Å². The summed E-state index contributed by atoms with van der Waals surface area (Å²) in [4.78, 5) is 5.61. The van der Waals surface area contributed by atoms with Gasteiger partial charge in [0.25, 0.3) is 0 Å². The molecule has 0 fully saturated rings. The third-order valence-electron chi connectivity index (χ3n) is 3.24. The van der Waals surface area contributed by atoms with Crippen molar-refractivity contribution in [3.63, 3.8) is 0 Å². The molecule has 0 bridgehead atoms. The van der Waals surface area contributed by atoms with Gasteiger partial charge in [0.2, 0.25) is 0 Å². The van der Waals surface area contributed by atoms with Crippen molar-refractivity contribution in [3.8, 4) is 0 Å². The van der Waals surface area contributed by atoms with E-state index in [4.69, 9.17) is 0 Å². The highest BCUT2D eigenvalue weighted by atomic mass is 32.1. The molecule has 1 atom stereocenters. The van der Waals surface area contributed by atoms with Gasteiger partial charge < -0.3 is 5.32 Å². The van der Waals surface area contributed by atoms with E-state index in [2.05, 4.69) is 55.3 Å². The quantitative estimate of drug-likeness (QED) is 0.890. The van der Waals surface area contributed by atoms with Crippen molar-refractivity contribution in [2.24, 2.45) is 0 Å². The van der Waals surface area contributed by atoms with Gasteiger partial charge in [0.1, 0.15) is 0 Å². The van der Waals surface area contributed by atoms with E-state index in [1.54, 1.807) is 11.3 Å². The van der Waals surface area contributed by atoms with Crippen LogP contribution in [0.4, 0.5) is 0 Å². The normalized spacial score (nSPS) is 12.6. The van der Waals surface area contributed by atoms with Crippen molar-refractivity contribution in [2.75, 3.05) is 0 Å². The van der Waals surface area contributed by atoms with Crippen molar-refractivity contribution in [1.29, 1.82) is 0 Å². The molecule has 0 aliphatic rings. The lowest BCUT2D eigenvalue weighted by Crippen LogP contribution is -2.27. The molecular formula is C15H20N2S. The second kappa shape index (κ2) is 6.12. The van der Waals surface area contributed by atoms with E-state index < -0.39 is 0 Å². The van der Waals surface area contributed by atoms with Gasteiger partial charge in [0, 0.05) is 17.5 Å². The molecule has 0 amide bonds. The van der Waals surface area contributed by atoms with Crippen LogP contribution >= 0.6 is 11.3 Å². The zero-order valence-corrected chi connectivity index (χ0v) is 12.1.